The zero-order valence-electron chi connectivity index (χ0n) is 8.33. The molecule has 80 valence electrons. The van der Waals surface area contributed by atoms with Crippen LogP contribution < -0.4 is 0 Å². The monoisotopic (exact) mass is 226 g/mol. The SMILES string of the molecule is COC(=O)c1ccc(CC2CO2)cc1Cl. The van der Waals surface area contributed by atoms with E-state index in [9.17, 15) is 4.79 Å². The van der Waals surface area contributed by atoms with E-state index in [1.54, 1.807) is 12.1 Å². The molecular formula is C11H11ClO3. The van der Waals surface area contributed by atoms with Crippen LogP contribution in [0.4, 0.5) is 0 Å². The minimum absolute atomic E-state index is 0.324. The molecule has 0 amide bonds. The van der Waals surface area contributed by atoms with E-state index in [0.717, 1.165) is 18.6 Å². The fourth-order valence-corrected chi connectivity index (χ4v) is 1.69. The van der Waals surface area contributed by atoms with Gasteiger partial charge in [0.1, 0.15) is 0 Å². The molecule has 1 aliphatic rings. The van der Waals surface area contributed by atoms with Gasteiger partial charge in [-0.2, -0.15) is 0 Å². The molecule has 1 fully saturated rings. The molecule has 1 heterocycles. The van der Waals surface area contributed by atoms with Crippen LogP contribution in [0.1, 0.15) is 15.9 Å². The van der Waals surface area contributed by atoms with Crippen LogP contribution in [-0.2, 0) is 15.9 Å². The average molecular weight is 227 g/mol. The maximum Gasteiger partial charge on any atom is 0.339 e. The van der Waals surface area contributed by atoms with E-state index in [0.29, 0.717) is 16.7 Å². The zero-order valence-corrected chi connectivity index (χ0v) is 9.08. The summed E-state index contributed by atoms with van der Waals surface area (Å²) in [4.78, 5) is 11.2. The Kier molecular flexibility index (Phi) is 2.93. The van der Waals surface area contributed by atoms with Gasteiger partial charge in [-0.3, -0.25) is 0 Å². The van der Waals surface area contributed by atoms with Crippen LogP contribution in [0.3, 0.4) is 0 Å². The maximum absolute atomic E-state index is 11.2. The fourth-order valence-electron chi connectivity index (χ4n) is 1.41. The van der Waals surface area contributed by atoms with Crippen LogP contribution in [0.25, 0.3) is 0 Å². The molecule has 1 aromatic rings. The number of halogens is 1. The molecule has 2 rings (SSSR count). The molecule has 4 heteroatoms. The molecule has 0 radical (unpaired) electrons. The van der Waals surface area contributed by atoms with Gasteiger partial charge in [-0.05, 0) is 17.7 Å². The Morgan fingerprint density at radius 1 is 1.67 bits per heavy atom. The summed E-state index contributed by atoms with van der Waals surface area (Å²) in [7, 11) is 1.34. The molecular weight excluding hydrogens is 216 g/mol. The van der Waals surface area contributed by atoms with Crippen molar-refractivity contribution in [2.75, 3.05) is 13.7 Å². The third-order valence-corrected chi connectivity index (χ3v) is 2.62. The second-order valence-corrected chi connectivity index (χ2v) is 3.87. The van der Waals surface area contributed by atoms with E-state index in [1.165, 1.54) is 7.11 Å². The van der Waals surface area contributed by atoms with Crippen molar-refractivity contribution in [2.24, 2.45) is 0 Å². The van der Waals surface area contributed by atoms with Crippen molar-refractivity contribution in [1.29, 1.82) is 0 Å². The smallest absolute Gasteiger partial charge is 0.339 e. The number of hydrogen-bond acceptors (Lipinski definition) is 3. The van der Waals surface area contributed by atoms with Gasteiger partial charge in [0.2, 0.25) is 0 Å². The number of methoxy groups -OCH3 is 1. The lowest BCUT2D eigenvalue weighted by molar-refractivity contribution is 0.0601. The Hall–Kier alpha value is -1.06. The van der Waals surface area contributed by atoms with E-state index in [4.69, 9.17) is 16.3 Å². The Bertz CT molecular complexity index is 385. The summed E-state index contributed by atoms with van der Waals surface area (Å²) in [6.45, 7) is 0.816. The average Bonchev–Trinajstić information content (AvgIpc) is 3.01. The maximum atomic E-state index is 11.2. The number of benzene rings is 1. The van der Waals surface area contributed by atoms with Crippen molar-refractivity contribution in [3.63, 3.8) is 0 Å². The quantitative estimate of drug-likeness (QED) is 0.585. The largest absolute Gasteiger partial charge is 0.465 e. The van der Waals surface area contributed by atoms with Crippen molar-refractivity contribution in [1.82, 2.24) is 0 Å². The predicted molar refractivity (Wildman–Crippen MR) is 56.2 cm³/mol. The summed E-state index contributed by atoms with van der Waals surface area (Å²) in [5, 5.41) is 0.431. The summed E-state index contributed by atoms with van der Waals surface area (Å²) in [6.07, 6.45) is 1.17. The summed E-state index contributed by atoms with van der Waals surface area (Å²) < 4.78 is 9.72. The molecule has 1 aliphatic heterocycles. The lowest BCUT2D eigenvalue weighted by Crippen LogP contribution is -2.03. The molecule has 1 atom stereocenters. The first-order valence-electron chi connectivity index (χ1n) is 4.69. The number of carbonyl (C=O) groups excluding carboxylic acids is 1. The van der Waals surface area contributed by atoms with E-state index in [-0.39, 0.29) is 0 Å². The van der Waals surface area contributed by atoms with Gasteiger partial charge in [-0.1, -0.05) is 17.7 Å². The molecule has 0 spiro atoms. The molecule has 1 saturated heterocycles. The van der Waals surface area contributed by atoms with Crippen molar-refractivity contribution >= 4 is 17.6 Å². The van der Waals surface area contributed by atoms with E-state index >= 15 is 0 Å². The third-order valence-electron chi connectivity index (χ3n) is 2.30. The van der Waals surface area contributed by atoms with Gasteiger partial charge in [-0.15, -0.1) is 0 Å². The second kappa shape index (κ2) is 4.21. The van der Waals surface area contributed by atoms with E-state index in [2.05, 4.69) is 4.74 Å². The standard InChI is InChI=1S/C11H11ClO3/c1-14-11(13)9-3-2-7(5-10(9)12)4-8-6-15-8/h2-3,5,8H,4,6H2,1H3. The van der Waals surface area contributed by atoms with Gasteiger partial charge in [0.15, 0.2) is 0 Å². The molecule has 0 N–H and O–H groups in total. The summed E-state index contributed by atoms with van der Waals surface area (Å²) in [6, 6.07) is 5.35. The third kappa shape index (κ3) is 2.49. The van der Waals surface area contributed by atoms with Gasteiger partial charge in [0.05, 0.1) is 30.4 Å². The van der Waals surface area contributed by atoms with Gasteiger partial charge < -0.3 is 9.47 Å². The number of epoxide rings is 1. The molecule has 0 aromatic heterocycles. The molecule has 0 bridgehead atoms. The van der Waals surface area contributed by atoms with Crippen molar-refractivity contribution < 1.29 is 14.3 Å². The topological polar surface area (TPSA) is 38.8 Å². The molecule has 0 aliphatic carbocycles. The van der Waals surface area contributed by atoms with Crippen LogP contribution in [0.2, 0.25) is 5.02 Å². The first-order valence-corrected chi connectivity index (χ1v) is 5.07. The minimum atomic E-state index is -0.408. The highest BCUT2D eigenvalue weighted by Crippen LogP contribution is 2.22. The highest BCUT2D eigenvalue weighted by atomic mass is 35.5. The summed E-state index contributed by atoms with van der Waals surface area (Å²) in [5.74, 6) is -0.408. The van der Waals surface area contributed by atoms with Gasteiger partial charge in [0, 0.05) is 6.42 Å². The summed E-state index contributed by atoms with van der Waals surface area (Å²) in [5.41, 5.74) is 1.48. The van der Waals surface area contributed by atoms with Gasteiger partial charge in [0.25, 0.3) is 0 Å². The van der Waals surface area contributed by atoms with Crippen LogP contribution in [0.15, 0.2) is 18.2 Å². The summed E-state index contributed by atoms with van der Waals surface area (Å²) >= 11 is 5.97. The molecule has 0 saturated carbocycles. The first kappa shape index (κ1) is 10.5. The van der Waals surface area contributed by atoms with Gasteiger partial charge >= 0.3 is 5.97 Å². The molecule has 1 unspecified atom stereocenters. The van der Waals surface area contributed by atoms with Crippen molar-refractivity contribution in [3.05, 3.63) is 34.3 Å². The highest BCUT2D eigenvalue weighted by molar-refractivity contribution is 6.33. The number of hydrogen-bond donors (Lipinski definition) is 0. The Morgan fingerprint density at radius 2 is 2.40 bits per heavy atom. The number of carbonyl (C=O) groups is 1. The highest BCUT2D eigenvalue weighted by Gasteiger charge is 2.23. The Labute approximate surface area is 92.9 Å². The number of rotatable bonds is 3. The zero-order chi connectivity index (χ0) is 10.8. The van der Waals surface area contributed by atoms with Crippen LogP contribution in [0, 0.1) is 0 Å². The predicted octanol–water partition coefficient (Wildman–Crippen LogP) is 2.07. The van der Waals surface area contributed by atoms with Crippen LogP contribution in [0.5, 0.6) is 0 Å². The van der Waals surface area contributed by atoms with Crippen molar-refractivity contribution in [2.45, 2.75) is 12.5 Å². The lowest BCUT2D eigenvalue weighted by Gasteiger charge is -2.04. The number of ether oxygens (including phenoxy) is 2. The first-order chi connectivity index (χ1) is 7.20. The minimum Gasteiger partial charge on any atom is -0.465 e. The van der Waals surface area contributed by atoms with E-state index in [1.807, 2.05) is 6.07 Å². The Balaban J connectivity index is 2.17. The molecule has 1 aromatic carbocycles. The van der Waals surface area contributed by atoms with Crippen LogP contribution in [-0.4, -0.2) is 25.8 Å². The normalized spacial score (nSPS) is 18.7. The number of esters is 1. The van der Waals surface area contributed by atoms with Gasteiger partial charge in [-0.25, -0.2) is 4.79 Å². The van der Waals surface area contributed by atoms with E-state index < -0.39 is 5.97 Å². The fraction of sp³-hybridized carbons (Fsp3) is 0.364. The van der Waals surface area contributed by atoms with Crippen molar-refractivity contribution in [3.8, 4) is 0 Å². The molecule has 3 nitrogen and oxygen atoms in total. The second-order valence-electron chi connectivity index (χ2n) is 3.47. The lowest BCUT2D eigenvalue weighted by atomic mass is 10.1. The molecule has 15 heavy (non-hydrogen) atoms. The Morgan fingerprint density at radius 3 is 2.93 bits per heavy atom. The van der Waals surface area contributed by atoms with Crippen LogP contribution >= 0.6 is 11.6 Å².